The molecule has 7 heteroatoms. The van der Waals surface area contributed by atoms with Crippen LogP contribution < -0.4 is 5.32 Å². The van der Waals surface area contributed by atoms with E-state index in [1.54, 1.807) is 18.2 Å². The molecule has 128 valence electrons. The smallest absolute Gasteiger partial charge is 0.369 e. The van der Waals surface area contributed by atoms with Crippen LogP contribution in [0.1, 0.15) is 11.1 Å². The average molecular weight is 347 g/mol. The van der Waals surface area contributed by atoms with Crippen LogP contribution in [0.4, 0.5) is 23.4 Å². The number of hydrogen-bond acceptors (Lipinski definition) is 2. The first-order valence-corrected chi connectivity index (χ1v) is 7.73. The molecule has 2 aromatic carbocycles. The van der Waals surface area contributed by atoms with Gasteiger partial charge in [-0.25, -0.2) is 9.07 Å². The number of nitrogens with zero attached hydrogens (tertiary/aromatic N) is 2. The molecule has 0 saturated carbocycles. The summed E-state index contributed by atoms with van der Waals surface area (Å²) in [5.41, 5.74) is 1.63. The van der Waals surface area contributed by atoms with Crippen LogP contribution in [-0.2, 0) is 12.6 Å². The van der Waals surface area contributed by atoms with E-state index in [1.807, 2.05) is 0 Å². The van der Waals surface area contributed by atoms with E-state index >= 15 is 0 Å². The molecule has 4 rings (SSSR count). The first kappa shape index (κ1) is 15.7. The first-order chi connectivity index (χ1) is 11.9. The molecule has 0 atom stereocenters. The summed E-state index contributed by atoms with van der Waals surface area (Å²) in [6, 6.07) is 11.0. The van der Waals surface area contributed by atoms with E-state index in [-0.39, 0.29) is 5.82 Å². The van der Waals surface area contributed by atoms with Gasteiger partial charge in [-0.2, -0.15) is 18.3 Å². The summed E-state index contributed by atoms with van der Waals surface area (Å²) in [7, 11) is 0. The van der Waals surface area contributed by atoms with Gasteiger partial charge in [-0.1, -0.05) is 18.2 Å². The molecule has 0 aliphatic carbocycles. The zero-order chi connectivity index (χ0) is 17.6. The Kier molecular flexibility index (Phi) is 3.52. The van der Waals surface area contributed by atoms with Gasteiger partial charge >= 0.3 is 6.18 Å². The van der Waals surface area contributed by atoms with E-state index in [0.717, 1.165) is 17.7 Å². The summed E-state index contributed by atoms with van der Waals surface area (Å²) in [6.45, 7) is 0.661. The predicted octanol–water partition coefficient (Wildman–Crippen LogP) is 4.67. The molecule has 3 nitrogen and oxygen atoms in total. The molecule has 0 spiro atoms. The molecular weight excluding hydrogens is 334 g/mol. The molecule has 1 aliphatic heterocycles. The molecule has 1 N–H and O–H groups in total. The van der Waals surface area contributed by atoms with Gasteiger partial charge in [-0.05, 0) is 36.8 Å². The summed E-state index contributed by atoms with van der Waals surface area (Å²) >= 11 is 0. The average Bonchev–Trinajstić information content (AvgIpc) is 3.16. The van der Waals surface area contributed by atoms with Crippen LogP contribution in [0.2, 0.25) is 0 Å². The van der Waals surface area contributed by atoms with Crippen LogP contribution >= 0.6 is 0 Å². The normalized spacial score (nSPS) is 13.6. The van der Waals surface area contributed by atoms with Gasteiger partial charge in [0.1, 0.15) is 11.6 Å². The minimum absolute atomic E-state index is 0.308. The lowest BCUT2D eigenvalue weighted by atomic mass is 10.1. The van der Waals surface area contributed by atoms with Crippen molar-refractivity contribution in [2.24, 2.45) is 0 Å². The van der Waals surface area contributed by atoms with Crippen molar-refractivity contribution >= 4 is 5.82 Å². The molecule has 25 heavy (non-hydrogen) atoms. The second kappa shape index (κ2) is 5.61. The van der Waals surface area contributed by atoms with E-state index in [1.165, 1.54) is 22.9 Å². The van der Waals surface area contributed by atoms with Crippen molar-refractivity contribution < 1.29 is 17.6 Å². The third-order valence-corrected chi connectivity index (χ3v) is 4.17. The summed E-state index contributed by atoms with van der Waals surface area (Å²) < 4.78 is 54.0. The van der Waals surface area contributed by atoms with Gasteiger partial charge in [0.05, 0.1) is 16.9 Å². The van der Waals surface area contributed by atoms with Crippen LogP contribution in [0.5, 0.6) is 0 Å². The molecule has 1 aliphatic rings. The number of alkyl halides is 3. The standard InChI is InChI=1S/C18H13F4N3/c19-13-5-1-3-11(9-13)16-15-7-8-23-17(15)25(24-16)14-6-2-4-12(10-14)18(20,21)22/h1-6,9-10,23H,7-8H2. The molecule has 0 saturated heterocycles. The maximum atomic E-state index is 13.5. The van der Waals surface area contributed by atoms with Crippen molar-refractivity contribution in [2.45, 2.75) is 12.6 Å². The van der Waals surface area contributed by atoms with Gasteiger partial charge in [-0.15, -0.1) is 0 Å². The highest BCUT2D eigenvalue weighted by atomic mass is 19.4. The van der Waals surface area contributed by atoms with Gasteiger partial charge in [0.2, 0.25) is 0 Å². The first-order valence-electron chi connectivity index (χ1n) is 7.73. The number of anilines is 1. The van der Waals surface area contributed by atoms with Crippen molar-refractivity contribution in [3.63, 3.8) is 0 Å². The summed E-state index contributed by atoms with van der Waals surface area (Å²) in [5.74, 6) is 0.268. The lowest BCUT2D eigenvalue weighted by molar-refractivity contribution is -0.137. The zero-order valence-corrected chi connectivity index (χ0v) is 12.9. The molecule has 0 fully saturated rings. The third-order valence-electron chi connectivity index (χ3n) is 4.17. The lowest BCUT2D eigenvalue weighted by Gasteiger charge is -2.10. The van der Waals surface area contributed by atoms with Crippen molar-refractivity contribution in [3.05, 3.63) is 65.5 Å². The quantitative estimate of drug-likeness (QED) is 0.683. The molecule has 0 radical (unpaired) electrons. The Bertz CT molecular complexity index is 944. The van der Waals surface area contributed by atoms with Gasteiger partial charge in [0, 0.05) is 17.7 Å². The van der Waals surface area contributed by atoms with E-state index in [2.05, 4.69) is 10.4 Å². The second-order valence-corrected chi connectivity index (χ2v) is 5.82. The Hall–Kier alpha value is -2.83. The number of rotatable bonds is 2. The Labute approximate surface area is 140 Å². The monoisotopic (exact) mass is 347 g/mol. The molecule has 0 unspecified atom stereocenters. The predicted molar refractivity (Wildman–Crippen MR) is 86.2 cm³/mol. The van der Waals surface area contributed by atoms with Crippen LogP contribution in [0.3, 0.4) is 0 Å². The largest absolute Gasteiger partial charge is 0.416 e. The SMILES string of the molecule is Fc1cccc(-c2nn(-c3cccc(C(F)(F)F)c3)c3c2CCN3)c1. The van der Waals surface area contributed by atoms with E-state index in [9.17, 15) is 17.6 Å². The Morgan fingerprint density at radius 2 is 1.84 bits per heavy atom. The highest BCUT2D eigenvalue weighted by molar-refractivity contribution is 5.72. The molecule has 0 amide bonds. The lowest BCUT2D eigenvalue weighted by Crippen LogP contribution is -2.08. The maximum Gasteiger partial charge on any atom is 0.416 e. The fourth-order valence-corrected chi connectivity index (χ4v) is 3.04. The molecule has 1 aromatic heterocycles. The Morgan fingerprint density at radius 3 is 2.60 bits per heavy atom. The van der Waals surface area contributed by atoms with Gasteiger partial charge in [0.15, 0.2) is 0 Å². The van der Waals surface area contributed by atoms with Crippen LogP contribution in [-0.4, -0.2) is 16.3 Å². The second-order valence-electron chi connectivity index (χ2n) is 5.82. The minimum Gasteiger partial charge on any atom is -0.369 e. The van der Waals surface area contributed by atoms with Crippen molar-refractivity contribution in [1.29, 1.82) is 0 Å². The van der Waals surface area contributed by atoms with Gasteiger partial charge < -0.3 is 5.32 Å². The number of fused-ring (bicyclic) bond motifs is 1. The van der Waals surface area contributed by atoms with Crippen LogP contribution in [0.25, 0.3) is 16.9 Å². The van der Waals surface area contributed by atoms with Crippen LogP contribution in [0, 0.1) is 5.82 Å². The fourth-order valence-electron chi connectivity index (χ4n) is 3.04. The minimum atomic E-state index is -4.43. The highest BCUT2D eigenvalue weighted by Gasteiger charge is 2.31. The molecule has 3 aromatic rings. The number of aromatic nitrogens is 2. The summed E-state index contributed by atoms with van der Waals surface area (Å²) in [6.07, 6.45) is -3.74. The maximum absolute atomic E-state index is 13.5. The van der Waals surface area contributed by atoms with E-state index in [4.69, 9.17) is 0 Å². The van der Waals surface area contributed by atoms with E-state index < -0.39 is 11.7 Å². The number of nitrogens with one attached hydrogen (secondary N) is 1. The third kappa shape index (κ3) is 2.75. The zero-order valence-electron chi connectivity index (χ0n) is 12.9. The van der Waals surface area contributed by atoms with Crippen molar-refractivity contribution in [1.82, 2.24) is 9.78 Å². The molecule has 0 bridgehead atoms. The summed E-state index contributed by atoms with van der Waals surface area (Å²) in [5, 5.41) is 7.61. The van der Waals surface area contributed by atoms with E-state index in [0.29, 0.717) is 35.7 Å². The van der Waals surface area contributed by atoms with Gasteiger partial charge in [0.25, 0.3) is 0 Å². The van der Waals surface area contributed by atoms with Gasteiger partial charge in [-0.3, -0.25) is 0 Å². The Balaban J connectivity index is 1.86. The highest BCUT2D eigenvalue weighted by Crippen LogP contribution is 2.36. The van der Waals surface area contributed by atoms with Crippen molar-refractivity contribution in [2.75, 3.05) is 11.9 Å². The van der Waals surface area contributed by atoms with Crippen LogP contribution in [0.15, 0.2) is 48.5 Å². The Morgan fingerprint density at radius 1 is 1.04 bits per heavy atom. The number of halogens is 4. The fraction of sp³-hybridized carbons (Fsp3) is 0.167. The number of hydrogen-bond donors (Lipinski definition) is 1. The molecule has 2 heterocycles. The molecular formula is C18H13F4N3. The number of benzene rings is 2. The summed E-state index contributed by atoms with van der Waals surface area (Å²) in [4.78, 5) is 0. The topological polar surface area (TPSA) is 29.9 Å². The van der Waals surface area contributed by atoms with Crippen molar-refractivity contribution in [3.8, 4) is 16.9 Å².